The molecule has 0 saturated carbocycles. The van der Waals surface area contributed by atoms with E-state index in [1.54, 1.807) is 12.1 Å². The van der Waals surface area contributed by atoms with Crippen LogP contribution < -0.4 is 10.6 Å². The van der Waals surface area contributed by atoms with Crippen molar-refractivity contribution in [3.63, 3.8) is 0 Å². The minimum Gasteiger partial charge on any atom is -0.504 e. The minimum atomic E-state index is -0.955. The van der Waals surface area contributed by atoms with Crippen molar-refractivity contribution in [1.82, 2.24) is 10.6 Å². The molecule has 5 aromatic rings. The van der Waals surface area contributed by atoms with E-state index in [2.05, 4.69) is 47.0 Å². The monoisotopic (exact) mass is 660 g/mol. The van der Waals surface area contributed by atoms with Crippen molar-refractivity contribution in [2.24, 2.45) is 0 Å². The lowest BCUT2D eigenvalue weighted by molar-refractivity contribution is -0.126. The second-order valence-electron chi connectivity index (χ2n) is 11.1. The van der Waals surface area contributed by atoms with Gasteiger partial charge in [-0.25, -0.2) is 0 Å². The van der Waals surface area contributed by atoms with Crippen LogP contribution in [0, 0.1) is 0 Å². The zero-order valence-corrected chi connectivity index (χ0v) is 26.8. The fraction of sp³-hybridized carbons (Fsp3) is 0.128. The van der Waals surface area contributed by atoms with Crippen molar-refractivity contribution in [2.75, 3.05) is 12.3 Å². The summed E-state index contributed by atoms with van der Waals surface area (Å²) in [6.07, 6.45) is 3.14. The summed E-state index contributed by atoms with van der Waals surface area (Å²) in [7, 11) is 0. The number of phenols is 4. The Labute approximate surface area is 283 Å². The van der Waals surface area contributed by atoms with E-state index in [1.165, 1.54) is 48.2 Å². The van der Waals surface area contributed by atoms with E-state index in [1.807, 2.05) is 54.6 Å². The number of nitrogens with one attached hydrogen (secondary N) is 2. The van der Waals surface area contributed by atoms with Crippen molar-refractivity contribution >= 4 is 29.7 Å². The first kappa shape index (κ1) is 33.7. The number of benzene rings is 5. The van der Waals surface area contributed by atoms with E-state index in [9.17, 15) is 30.0 Å². The number of amides is 2. The van der Waals surface area contributed by atoms with Crippen LogP contribution in [-0.2, 0) is 20.8 Å². The lowest BCUT2D eigenvalue weighted by Crippen LogP contribution is -2.49. The number of thioether (sulfide) groups is 1. The van der Waals surface area contributed by atoms with Gasteiger partial charge in [0.1, 0.15) is 6.04 Å². The maximum absolute atomic E-state index is 13.8. The number of hydrogen-bond donors (Lipinski definition) is 6. The Balaban J connectivity index is 1.44. The van der Waals surface area contributed by atoms with E-state index in [0.717, 1.165) is 22.3 Å². The summed E-state index contributed by atoms with van der Waals surface area (Å²) in [5.41, 5.74) is 4.24. The normalized spacial score (nSPS) is 12.0. The van der Waals surface area contributed by atoms with Gasteiger partial charge in [0, 0.05) is 18.4 Å². The second-order valence-corrected chi connectivity index (χ2v) is 12.3. The van der Waals surface area contributed by atoms with E-state index < -0.39 is 22.6 Å². The van der Waals surface area contributed by atoms with Gasteiger partial charge in [0.05, 0.1) is 4.75 Å². The zero-order chi connectivity index (χ0) is 33.9. The molecule has 9 heteroatoms. The molecule has 0 fully saturated rings. The van der Waals surface area contributed by atoms with Gasteiger partial charge in [-0.1, -0.05) is 103 Å². The third kappa shape index (κ3) is 8.18. The summed E-state index contributed by atoms with van der Waals surface area (Å²) in [6.45, 7) is 0.226. The predicted octanol–water partition coefficient (Wildman–Crippen LogP) is 6.09. The third-order valence-electron chi connectivity index (χ3n) is 7.82. The molecule has 5 aromatic carbocycles. The highest BCUT2D eigenvalue weighted by molar-refractivity contribution is 8.00. The van der Waals surface area contributed by atoms with Gasteiger partial charge in [0.15, 0.2) is 23.0 Å². The number of phenolic OH excluding ortho intramolecular Hbond substituents is 4. The lowest BCUT2D eigenvalue weighted by Gasteiger charge is -2.36. The third-order valence-corrected chi connectivity index (χ3v) is 9.46. The van der Waals surface area contributed by atoms with E-state index in [4.69, 9.17) is 0 Å². The Bertz CT molecular complexity index is 1770. The van der Waals surface area contributed by atoms with E-state index in [-0.39, 0.29) is 35.3 Å². The molecule has 48 heavy (non-hydrogen) atoms. The molecule has 0 saturated heterocycles. The molecule has 0 aromatic heterocycles. The standard InChI is InChI=1S/C39H36N2O6S/c42-33-19-16-27(24-35(33)44)18-21-37(46)41-32(38(47)40-23-22-28-17-20-34(43)36(45)25-28)26-48-39(29-10-4-1-5-11-29,30-12-6-2-7-13-30)31-14-8-3-9-15-31/h1-21,24-25,32,42-45H,22-23,26H2,(H,40,47)(H,41,46)/b21-18+/t32-/m0/s1. The highest BCUT2D eigenvalue weighted by atomic mass is 32.2. The van der Waals surface area contributed by atoms with Crippen molar-refractivity contribution in [2.45, 2.75) is 17.2 Å². The first-order chi connectivity index (χ1) is 23.3. The van der Waals surface area contributed by atoms with Crippen LogP contribution in [0.25, 0.3) is 6.08 Å². The van der Waals surface area contributed by atoms with Crippen LogP contribution in [0.3, 0.4) is 0 Å². The van der Waals surface area contributed by atoms with Crippen LogP contribution in [0.15, 0.2) is 133 Å². The summed E-state index contributed by atoms with van der Waals surface area (Å²) >= 11 is 1.54. The minimum absolute atomic E-state index is 0.199. The van der Waals surface area contributed by atoms with E-state index >= 15 is 0 Å². The van der Waals surface area contributed by atoms with Gasteiger partial charge < -0.3 is 31.1 Å². The molecule has 8 nitrogen and oxygen atoms in total. The number of aromatic hydroxyl groups is 4. The Morgan fingerprint density at radius 2 is 1.19 bits per heavy atom. The molecule has 244 valence electrons. The molecule has 0 unspecified atom stereocenters. The Morgan fingerprint density at radius 1 is 0.667 bits per heavy atom. The van der Waals surface area contributed by atoms with Gasteiger partial charge in [-0.2, -0.15) is 0 Å². The molecule has 0 spiro atoms. The van der Waals surface area contributed by atoms with Gasteiger partial charge in [-0.05, 0) is 64.6 Å². The molecule has 2 amide bonds. The number of rotatable bonds is 13. The lowest BCUT2D eigenvalue weighted by atomic mass is 9.84. The largest absolute Gasteiger partial charge is 0.504 e. The second kappa shape index (κ2) is 15.8. The van der Waals surface area contributed by atoms with Gasteiger partial charge in [-0.3, -0.25) is 9.59 Å². The molecule has 1 atom stereocenters. The SMILES string of the molecule is O=C(/C=C/c1ccc(O)c(O)c1)N[C@@H](CSC(c1ccccc1)(c1ccccc1)c1ccccc1)C(=O)NCCc1ccc(O)c(O)c1. The van der Waals surface area contributed by atoms with Gasteiger partial charge in [0.2, 0.25) is 11.8 Å². The highest BCUT2D eigenvalue weighted by Crippen LogP contribution is 2.48. The molecular formula is C39H36N2O6S. The zero-order valence-electron chi connectivity index (χ0n) is 26.0. The summed E-state index contributed by atoms with van der Waals surface area (Å²) in [4.78, 5) is 27.0. The molecule has 5 rings (SSSR count). The van der Waals surface area contributed by atoms with Crippen LogP contribution in [0.2, 0.25) is 0 Å². The molecule has 0 bridgehead atoms. The molecule has 0 heterocycles. The quantitative estimate of drug-likeness (QED) is 0.0511. The van der Waals surface area contributed by atoms with Crippen molar-refractivity contribution < 1.29 is 30.0 Å². The summed E-state index contributed by atoms with van der Waals surface area (Å²) in [5.74, 6) is -1.76. The van der Waals surface area contributed by atoms with Crippen molar-refractivity contribution in [1.29, 1.82) is 0 Å². The van der Waals surface area contributed by atoms with Gasteiger partial charge in [-0.15, -0.1) is 11.8 Å². The van der Waals surface area contributed by atoms with Crippen LogP contribution in [0.4, 0.5) is 0 Å². The number of carbonyl (C=O) groups excluding carboxylic acids is 2. The topological polar surface area (TPSA) is 139 Å². The summed E-state index contributed by atoms with van der Waals surface area (Å²) in [6, 6.07) is 37.9. The van der Waals surface area contributed by atoms with E-state index in [0.29, 0.717) is 12.0 Å². The van der Waals surface area contributed by atoms with Crippen molar-refractivity contribution in [3.8, 4) is 23.0 Å². The van der Waals surface area contributed by atoms with Crippen LogP contribution in [-0.4, -0.2) is 50.6 Å². The summed E-state index contributed by atoms with van der Waals surface area (Å²) < 4.78 is -0.726. The molecular weight excluding hydrogens is 625 g/mol. The van der Waals surface area contributed by atoms with Crippen LogP contribution >= 0.6 is 11.8 Å². The first-order valence-electron chi connectivity index (χ1n) is 15.4. The Kier molecular flexibility index (Phi) is 11.1. The average Bonchev–Trinajstić information content (AvgIpc) is 3.11. The fourth-order valence-electron chi connectivity index (χ4n) is 5.37. The smallest absolute Gasteiger partial charge is 0.244 e. The average molecular weight is 661 g/mol. The maximum atomic E-state index is 13.8. The van der Waals surface area contributed by atoms with Gasteiger partial charge in [0.25, 0.3) is 0 Å². The number of hydrogen-bond acceptors (Lipinski definition) is 7. The molecule has 0 aliphatic carbocycles. The molecule has 0 radical (unpaired) electrons. The maximum Gasteiger partial charge on any atom is 0.244 e. The first-order valence-corrected chi connectivity index (χ1v) is 16.3. The Hall–Kier alpha value is -5.67. The molecule has 0 aliphatic heterocycles. The Morgan fingerprint density at radius 3 is 1.71 bits per heavy atom. The van der Waals surface area contributed by atoms with Gasteiger partial charge >= 0.3 is 0 Å². The van der Waals surface area contributed by atoms with Crippen LogP contribution in [0.5, 0.6) is 23.0 Å². The van der Waals surface area contributed by atoms with Crippen LogP contribution in [0.1, 0.15) is 27.8 Å². The molecule has 6 N–H and O–H groups in total. The fourth-order valence-corrected chi connectivity index (χ4v) is 6.93. The van der Waals surface area contributed by atoms with Crippen molar-refractivity contribution in [3.05, 3.63) is 161 Å². The highest BCUT2D eigenvalue weighted by Gasteiger charge is 2.38. The summed E-state index contributed by atoms with van der Waals surface area (Å²) in [5, 5.41) is 44.7. The number of carbonyl (C=O) groups is 2. The predicted molar refractivity (Wildman–Crippen MR) is 189 cm³/mol. The molecule has 0 aliphatic rings.